The molecular formula is C47H68N2O6. The van der Waals surface area contributed by atoms with Crippen LogP contribution in [0.3, 0.4) is 0 Å². The van der Waals surface area contributed by atoms with Gasteiger partial charge < -0.3 is 29.9 Å². The summed E-state index contributed by atoms with van der Waals surface area (Å²) >= 11 is 0. The Kier molecular flexibility index (Phi) is 20.5. The lowest BCUT2D eigenvalue weighted by molar-refractivity contribution is -0.253. The molecule has 4 rings (SSSR count). The fraction of sp³-hybridized carbons (Fsp3) is 0.574. The molecule has 3 aromatic rings. The molecule has 3 atom stereocenters. The number of nitrogens with zero attached hydrogens (tertiary/aromatic N) is 1. The van der Waals surface area contributed by atoms with Crippen LogP contribution in [0.1, 0.15) is 158 Å². The molecule has 0 unspecified atom stereocenters. The van der Waals surface area contributed by atoms with Crippen LogP contribution in [0.25, 0.3) is 11.1 Å². The molecule has 0 saturated carbocycles. The zero-order valence-corrected chi connectivity index (χ0v) is 33.7. The van der Waals surface area contributed by atoms with Crippen LogP contribution in [0.15, 0.2) is 72.8 Å². The van der Waals surface area contributed by atoms with Gasteiger partial charge in [0.2, 0.25) is 5.91 Å². The molecule has 0 aromatic heterocycles. The van der Waals surface area contributed by atoms with Crippen molar-refractivity contribution in [1.82, 2.24) is 10.2 Å². The zero-order chi connectivity index (χ0) is 39.1. The van der Waals surface area contributed by atoms with Crippen LogP contribution in [0.4, 0.5) is 0 Å². The van der Waals surface area contributed by atoms with E-state index in [2.05, 4.69) is 66.5 Å². The van der Waals surface area contributed by atoms with Crippen LogP contribution in [-0.4, -0.2) is 52.7 Å². The Morgan fingerprint density at radius 2 is 1.31 bits per heavy atom. The van der Waals surface area contributed by atoms with Crippen molar-refractivity contribution in [2.24, 2.45) is 0 Å². The van der Waals surface area contributed by atoms with Gasteiger partial charge in [0.25, 0.3) is 0 Å². The molecule has 1 saturated heterocycles. The standard InChI is InChI=1S/C47H68N2O6/c1-3-5-7-9-11-17-31-49(32-18-12-10-8-6-4-2)35-42-33-44(39-25-23-37(36-50)24-26-39)55-47(54-42)40-29-27-38(28-30-40)43-20-14-13-19-41(43)34-48-45(51)21-15-16-22-46(52)53/h13-14,19-20,23-30,42,44,47,50H,3-12,15-18,21-22,31-36H2,1-2H3,(H,48,51)(H,52,53)/t42-,44+,47+/m1/s1. The first-order valence-corrected chi connectivity index (χ1v) is 21.3. The van der Waals surface area contributed by atoms with Crippen LogP contribution in [0.2, 0.25) is 0 Å². The van der Waals surface area contributed by atoms with Gasteiger partial charge in [0.05, 0.1) is 18.8 Å². The van der Waals surface area contributed by atoms with Gasteiger partial charge in [0.15, 0.2) is 6.29 Å². The van der Waals surface area contributed by atoms with Gasteiger partial charge >= 0.3 is 5.97 Å². The van der Waals surface area contributed by atoms with Crippen molar-refractivity contribution in [1.29, 1.82) is 0 Å². The van der Waals surface area contributed by atoms with Crippen molar-refractivity contribution in [2.75, 3.05) is 19.6 Å². The lowest BCUT2D eigenvalue weighted by Gasteiger charge is -2.38. The molecule has 8 nitrogen and oxygen atoms in total. The number of aliphatic carboxylic acids is 1. The minimum atomic E-state index is -0.834. The maximum Gasteiger partial charge on any atom is 0.303 e. The number of nitrogens with one attached hydrogen (secondary N) is 1. The number of carboxylic acids is 1. The molecule has 55 heavy (non-hydrogen) atoms. The highest BCUT2D eigenvalue weighted by Crippen LogP contribution is 2.39. The third kappa shape index (κ3) is 16.2. The number of unbranched alkanes of at least 4 members (excludes halogenated alkanes) is 11. The van der Waals surface area contributed by atoms with Crippen LogP contribution < -0.4 is 5.32 Å². The minimum absolute atomic E-state index is 0.00888. The number of aliphatic hydroxyl groups excluding tert-OH is 1. The predicted molar refractivity (Wildman–Crippen MR) is 221 cm³/mol. The van der Waals surface area contributed by atoms with Gasteiger partial charge in [-0.15, -0.1) is 0 Å². The Morgan fingerprint density at radius 3 is 1.95 bits per heavy atom. The van der Waals surface area contributed by atoms with Crippen molar-refractivity contribution in [3.63, 3.8) is 0 Å². The summed E-state index contributed by atoms with van der Waals surface area (Å²) in [5.41, 5.74) is 6.06. The highest BCUT2D eigenvalue weighted by molar-refractivity contribution is 5.76. The molecule has 3 aromatic carbocycles. The lowest BCUT2D eigenvalue weighted by atomic mass is 9.97. The first-order valence-electron chi connectivity index (χ1n) is 21.3. The largest absolute Gasteiger partial charge is 0.481 e. The smallest absolute Gasteiger partial charge is 0.303 e. The van der Waals surface area contributed by atoms with Gasteiger partial charge in [-0.05, 0) is 66.6 Å². The van der Waals surface area contributed by atoms with E-state index in [-0.39, 0.29) is 31.1 Å². The number of ether oxygens (including phenoxy) is 2. The van der Waals surface area contributed by atoms with E-state index in [4.69, 9.17) is 14.6 Å². The van der Waals surface area contributed by atoms with Crippen LogP contribution in [0, 0.1) is 0 Å². The van der Waals surface area contributed by atoms with E-state index in [9.17, 15) is 14.7 Å². The fourth-order valence-electron chi connectivity index (χ4n) is 7.47. The van der Waals surface area contributed by atoms with E-state index >= 15 is 0 Å². The molecule has 302 valence electrons. The van der Waals surface area contributed by atoms with Crippen molar-refractivity contribution < 1.29 is 29.3 Å². The molecule has 0 bridgehead atoms. The molecular weight excluding hydrogens is 689 g/mol. The van der Waals surface area contributed by atoms with Crippen LogP contribution in [-0.2, 0) is 32.2 Å². The molecule has 1 aliphatic rings. The Bertz CT molecular complexity index is 1490. The van der Waals surface area contributed by atoms with Gasteiger partial charge in [-0.3, -0.25) is 9.59 Å². The van der Waals surface area contributed by atoms with Crippen molar-refractivity contribution in [2.45, 2.75) is 155 Å². The number of aliphatic hydroxyl groups is 1. The molecule has 0 spiro atoms. The molecule has 3 N–H and O–H groups in total. The van der Waals surface area contributed by atoms with Crippen LogP contribution >= 0.6 is 0 Å². The first kappa shape index (κ1) is 44.2. The van der Waals surface area contributed by atoms with Crippen molar-refractivity contribution >= 4 is 11.9 Å². The number of benzene rings is 3. The van der Waals surface area contributed by atoms with Crippen molar-refractivity contribution in [3.8, 4) is 11.1 Å². The average Bonchev–Trinajstić information content (AvgIpc) is 3.21. The minimum Gasteiger partial charge on any atom is -0.481 e. The molecule has 1 amide bonds. The molecule has 8 heteroatoms. The van der Waals surface area contributed by atoms with Crippen LogP contribution in [0.5, 0.6) is 0 Å². The number of amides is 1. The number of hydrogen-bond donors (Lipinski definition) is 3. The summed E-state index contributed by atoms with van der Waals surface area (Å²) in [5.74, 6) is -0.908. The van der Waals surface area contributed by atoms with Gasteiger partial charge in [-0.1, -0.05) is 151 Å². The molecule has 1 fully saturated rings. The third-order valence-electron chi connectivity index (χ3n) is 10.8. The van der Waals surface area contributed by atoms with E-state index in [1.54, 1.807) is 0 Å². The fourth-order valence-corrected chi connectivity index (χ4v) is 7.47. The van der Waals surface area contributed by atoms with E-state index in [1.165, 1.54) is 77.0 Å². The highest BCUT2D eigenvalue weighted by atomic mass is 16.7. The van der Waals surface area contributed by atoms with E-state index in [0.29, 0.717) is 25.8 Å². The van der Waals surface area contributed by atoms with E-state index < -0.39 is 12.3 Å². The number of rotatable bonds is 27. The van der Waals surface area contributed by atoms with E-state index in [0.717, 1.165) is 59.4 Å². The maximum absolute atomic E-state index is 12.5. The van der Waals surface area contributed by atoms with Gasteiger partial charge in [-0.2, -0.15) is 0 Å². The maximum atomic E-state index is 12.5. The predicted octanol–water partition coefficient (Wildman–Crippen LogP) is 10.7. The lowest BCUT2D eigenvalue weighted by Crippen LogP contribution is -2.40. The summed E-state index contributed by atoms with van der Waals surface area (Å²) in [7, 11) is 0. The second kappa shape index (κ2) is 25.6. The Hall–Kier alpha value is -3.56. The summed E-state index contributed by atoms with van der Waals surface area (Å²) in [6.07, 6.45) is 17.0. The molecule has 0 aliphatic carbocycles. The third-order valence-corrected chi connectivity index (χ3v) is 10.8. The van der Waals surface area contributed by atoms with Gasteiger partial charge in [0.1, 0.15) is 0 Å². The highest BCUT2D eigenvalue weighted by Gasteiger charge is 2.33. The summed E-state index contributed by atoms with van der Waals surface area (Å²) in [6, 6.07) is 24.6. The normalized spacial score (nSPS) is 17.1. The Labute approximate surface area is 331 Å². The quantitative estimate of drug-likeness (QED) is 0.0665. The number of carboxylic acid groups (broad SMARTS) is 1. The summed E-state index contributed by atoms with van der Waals surface area (Å²) in [6.45, 7) is 8.04. The molecule has 0 radical (unpaired) electrons. The van der Waals surface area contributed by atoms with Gasteiger partial charge in [-0.25, -0.2) is 0 Å². The monoisotopic (exact) mass is 757 g/mol. The Morgan fingerprint density at radius 1 is 0.709 bits per heavy atom. The van der Waals surface area contributed by atoms with Gasteiger partial charge in [0, 0.05) is 37.9 Å². The van der Waals surface area contributed by atoms with Crippen molar-refractivity contribution in [3.05, 3.63) is 95.1 Å². The SMILES string of the molecule is CCCCCCCCN(CCCCCCCC)C[C@H]1C[C@@H](c2ccc(CO)cc2)O[C@@H](c2ccc(-c3ccccc3CNC(=O)CCCCC(=O)O)cc2)O1. The summed E-state index contributed by atoms with van der Waals surface area (Å²) in [4.78, 5) is 25.9. The van der Waals surface area contributed by atoms with E-state index in [1.807, 2.05) is 30.3 Å². The molecule has 1 heterocycles. The topological polar surface area (TPSA) is 108 Å². The molecule has 1 aliphatic heterocycles. The summed E-state index contributed by atoms with van der Waals surface area (Å²) in [5, 5.41) is 21.5. The Balaban J connectivity index is 1.46. The number of hydrogen-bond acceptors (Lipinski definition) is 6. The number of carbonyl (C=O) groups excluding carboxylic acids is 1. The first-order chi connectivity index (χ1) is 26.9. The average molecular weight is 757 g/mol. The summed E-state index contributed by atoms with van der Waals surface area (Å²) < 4.78 is 13.5. The second-order valence-corrected chi connectivity index (χ2v) is 15.3. The second-order valence-electron chi connectivity index (χ2n) is 15.3. The zero-order valence-electron chi connectivity index (χ0n) is 33.7. The number of carbonyl (C=O) groups is 2.